The molecule has 0 saturated carbocycles. The number of thiazole rings is 1. The molecule has 2 rings (SSSR count). The summed E-state index contributed by atoms with van der Waals surface area (Å²) in [7, 11) is 3.62. The van der Waals surface area contributed by atoms with E-state index in [1.807, 2.05) is 32.3 Å². The fourth-order valence-corrected chi connectivity index (χ4v) is 3.27. The molecule has 2 aromatic rings. The number of hydrogen-bond donors (Lipinski definition) is 1. The zero-order valence-electron chi connectivity index (χ0n) is 15.0. The fourth-order valence-electron chi connectivity index (χ4n) is 1.98. The number of benzene rings is 1. The number of aromatic nitrogens is 1. The number of halogens is 1. The van der Waals surface area contributed by atoms with Gasteiger partial charge in [-0.3, -0.25) is 4.90 Å². The SMILES string of the molecule is [2H]C(C#Cc1ccc(OCCCc2scnc2C(=O)O)c(Br)c1)N(C)C. The monoisotopic (exact) mass is 423 g/mol. The lowest BCUT2D eigenvalue weighted by Gasteiger charge is -2.08. The van der Waals surface area contributed by atoms with Gasteiger partial charge in [0, 0.05) is 10.4 Å². The summed E-state index contributed by atoms with van der Waals surface area (Å²) in [5.74, 6) is 5.53. The zero-order chi connectivity index (χ0) is 19.1. The number of rotatable bonds is 7. The molecule has 1 aromatic carbocycles. The second kappa shape index (κ2) is 9.56. The normalized spacial score (nSPS) is 12.2. The van der Waals surface area contributed by atoms with Gasteiger partial charge in [-0.25, -0.2) is 9.78 Å². The van der Waals surface area contributed by atoms with E-state index in [4.69, 9.17) is 11.2 Å². The van der Waals surface area contributed by atoms with Gasteiger partial charge in [-0.1, -0.05) is 11.8 Å². The molecule has 0 aliphatic heterocycles. The molecular formula is C18H19BrN2O3S. The second-order valence-corrected chi connectivity index (χ2v) is 7.18. The average Bonchev–Trinajstić information content (AvgIpc) is 3.06. The van der Waals surface area contributed by atoms with Gasteiger partial charge in [-0.2, -0.15) is 0 Å². The first-order valence-corrected chi connectivity index (χ1v) is 9.24. The van der Waals surface area contributed by atoms with Crippen LogP contribution in [-0.4, -0.2) is 48.2 Å². The van der Waals surface area contributed by atoms with Crippen LogP contribution in [0.15, 0.2) is 28.2 Å². The number of ether oxygens (including phenoxy) is 1. The Kier molecular flexibility index (Phi) is 6.86. The number of nitrogens with zero attached hydrogens (tertiary/aromatic N) is 2. The summed E-state index contributed by atoms with van der Waals surface area (Å²) in [6.07, 6.45) is 1.31. The van der Waals surface area contributed by atoms with E-state index in [0.29, 0.717) is 25.2 Å². The van der Waals surface area contributed by atoms with E-state index >= 15 is 0 Å². The van der Waals surface area contributed by atoms with Crippen molar-refractivity contribution < 1.29 is 16.0 Å². The summed E-state index contributed by atoms with van der Waals surface area (Å²) in [4.78, 5) is 17.4. The van der Waals surface area contributed by atoms with Crippen LogP contribution in [0.2, 0.25) is 0 Å². The average molecular weight is 424 g/mol. The molecule has 0 amide bonds. The molecule has 1 unspecified atom stereocenters. The molecule has 1 aromatic heterocycles. The van der Waals surface area contributed by atoms with Crippen LogP contribution >= 0.6 is 27.3 Å². The molecule has 0 aliphatic carbocycles. The van der Waals surface area contributed by atoms with Crippen LogP contribution in [0, 0.1) is 11.8 Å². The molecule has 0 radical (unpaired) electrons. The molecule has 0 fully saturated rings. The lowest BCUT2D eigenvalue weighted by Crippen LogP contribution is -2.10. The lowest BCUT2D eigenvalue weighted by atomic mass is 10.2. The van der Waals surface area contributed by atoms with Gasteiger partial charge in [0.15, 0.2) is 5.69 Å². The number of carboxylic acids is 1. The molecule has 1 heterocycles. The van der Waals surface area contributed by atoms with E-state index in [2.05, 4.69) is 32.8 Å². The van der Waals surface area contributed by atoms with Crippen molar-refractivity contribution in [3.63, 3.8) is 0 Å². The quantitative estimate of drug-likeness (QED) is 0.544. The van der Waals surface area contributed by atoms with Crippen molar-refractivity contribution in [2.24, 2.45) is 0 Å². The van der Waals surface area contributed by atoms with E-state index in [1.165, 1.54) is 11.3 Å². The van der Waals surface area contributed by atoms with Crippen molar-refractivity contribution in [3.8, 4) is 17.6 Å². The molecule has 0 aliphatic rings. The largest absolute Gasteiger partial charge is 0.492 e. The maximum absolute atomic E-state index is 11.0. The summed E-state index contributed by atoms with van der Waals surface area (Å²) in [6, 6.07) is 5.54. The van der Waals surface area contributed by atoms with Gasteiger partial charge in [0.2, 0.25) is 0 Å². The topological polar surface area (TPSA) is 62.7 Å². The van der Waals surface area contributed by atoms with E-state index in [9.17, 15) is 4.79 Å². The van der Waals surface area contributed by atoms with Crippen molar-refractivity contribution in [1.82, 2.24) is 9.88 Å². The van der Waals surface area contributed by atoms with E-state index in [-0.39, 0.29) is 5.69 Å². The number of aryl methyl sites for hydroxylation is 1. The van der Waals surface area contributed by atoms with E-state index < -0.39 is 12.5 Å². The maximum Gasteiger partial charge on any atom is 0.355 e. The minimum atomic E-state index is -0.995. The van der Waals surface area contributed by atoms with Gasteiger partial charge in [0.1, 0.15) is 5.75 Å². The Balaban J connectivity index is 1.88. The van der Waals surface area contributed by atoms with E-state index in [1.54, 1.807) is 10.4 Å². The van der Waals surface area contributed by atoms with Gasteiger partial charge in [-0.05, 0) is 61.1 Å². The highest BCUT2D eigenvalue weighted by molar-refractivity contribution is 9.10. The molecule has 0 bridgehead atoms. The molecular weight excluding hydrogens is 404 g/mol. The first-order valence-electron chi connectivity index (χ1n) is 8.14. The Morgan fingerprint density at radius 2 is 2.32 bits per heavy atom. The molecule has 0 spiro atoms. The summed E-state index contributed by atoms with van der Waals surface area (Å²) in [6.45, 7) is -0.0946. The van der Waals surface area contributed by atoms with Crippen molar-refractivity contribution >= 4 is 33.2 Å². The third-order valence-electron chi connectivity index (χ3n) is 3.12. The highest BCUT2D eigenvalue weighted by Crippen LogP contribution is 2.26. The third-order valence-corrected chi connectivity index (χ3v) is 4.63. The predicted octanol–water partition coefficient (Wildman–Crippen LogP) is 3.53. The maximum atomic E-state index is 11.0. The Morgan fingerprint density at radius 3 is 3.00 bits per heavy atom. The minimum absolute atomic E-state index is 0.129. The molecule has 1 N–H and O–H groups in total. The number of hydrogen-bond acceptors (Lipinski definition) is 5. The highest BCUT2D eigenvalue weighted by Gasteiger charge is 2.13. The first kappa shape index (κ1) is 17.9. The Hall–Kier alpha value is -1.88. The summed E-state index contributed by atoms with van der Waals surface area (Å²) >= 11 is 4.82. The lowest BCUT2D eigenvalue weighted by molar-refractivity contribution is 0.0690. The van der Waals surface area contributed by atoms with Crippen molar-refractivity contribution in [2.75, 3.05) is 27.2 Å². The zero-order valence-corrected chi connectivity index (χ0v) is 16.4. The Bertz CT molecular complexity index is 829. The molecule has 7 heteroatoms. The summed E-state index contributed by atoms with van der Waals surface area (Å²) in [5, 5.41) is 9.04. The van der Waals surface area contributed by atoms with Crippen LogP contribution in [0.1, 0.15) is 28.7 Å². The van der Waals surface area contributed by atoms with Gasteiger partial charge >= 0.3 is 5.97 Å². The standard InChI is InChI=1S/C18H19BrN2O3S/c1-21(2)9-3-5-13-7-8-15(14(19)11-13)24-10-4-6-16-17(18(22)23)20-12-25-16/h7-8,11-12H,4,6,9-10H2,1-2H3,(H,22,23)/i9D. The van der Waals surface area contributed by atoms with Crippen LogP contribution in [0.25, 0.3) is 0 Å². The number of carbonyl (C=O) groups is 1. The van der Waals surface area contributed by atoms with Gasteiger partial charge in [-0.15, -0.1) is 11.3 Å². The van der Waals surface area contributed by atoms with Crippen LogP contribution in [0.3, 0.4) is 0 Å². The van der Waals surface area contributed by atoms with Crippen molar-refractivity contribution in [3.05, 3.63) is 44.3 Å². The summed E-state index contributed by atoms with van der Waals surface area (Å²) < 4.78 is 14.3. The molecule has 1 atom stereocenters. The van der Waals surface area contributed by atoms with Gasteiger partial charge in [0.05, 0.1) is 24.5 Å². The minimum Gasteiger partial charge on any atom is -0.492 e. The summed E-state index contributed by atoms with van der Waals surface area (Å²) in [5.41, 5.74) is 2.48. The molecule has 25 heavy (non-hydrogen) atoms. The fraction of sp³-hybridized carbons (Fsp3) is 0.333. The molecule has 5 nitrogen and oxygen atoms in total. The molecule has 0 saturated heterocycles. The van der Waals surface area contributed by atoms with Gasteiger partial charge in [0.25, 0.3) is 0 Å². The first-order chi connectivity index (χ1) is 12.4. The van der Waals surface area contributed by atoms with Crippen molar-refractivity contribution in [1.29, 1.82) is 0 Å². The van der Waals surface area contributed by atoms with Crippen LogP contribution in [-0.2, 0) is 6.42 Å². The van der Waals surface area contributed by atoms with Gasteiger partial charge < -0.3 is 9.84 Å². The van der Waals surface area contributed by atoms with Crippen LogP contribution < -0.4 is 4.74 Å². The van der Waals surface area contributed by atoms with Crippen molar-refractivity contribution in [2.45, 2.75) is 12.8 Å². The Morgan fingerprint density at radius 1 is 1.52 bits per heavy atom. The van der Waals surface area contributed by atoms with E-state index in [0.717, 1.165) is 14.9 Å². The van der Waals surface area contributed by atoms with Crippen LogP contribution in [0.4, 0.5) is 0 Å². The molecule has 132 valence electrons. The number of aromatic carboxylic acids is 1. The number of carboxylic acid groups (broad SMARTS) is 1. The smallest absolute Gasteiger partial charge is 0.355 e. The Labute approximate surface area is 161 Å². The van der Waals surface area contributed by atoms with Crippen LogP contribution in [0.5, 0.6) is 5.75 Å². The second-order valence-electron chi connectivity index (χ2n) is 5.39. The highest BCUT2D eigenvalue weighted by atomic mass is 79.9. The predicted molar refractivity (Wildman–Crippen MR) is 102 cm³/mol. The third kappa shape index (κ3) is 6.16.